The fourth-order valence-electron chi connectivity index (χ4n) is 2.14. The number of carbonyl (C=O) groups is 2. The van der Waals surface area contributed by atoms with Gasteiger partial charge in [-0.05, 0) is 24.1 Å². The molecule has 130 valence electrons. The first-order chi connectivity index (χ1) is 11.5. The van der Waals surface area contributed by atoms with E-state index in [4.69, 9.17) is 0 Å². The summed E-state index contributed by atoms with van der Waals surface area (Å²) in [4.78, 5) is 27.0. The fraction of sp³-hybridized carbons (Fsp3) is 0.368. The van der Waals surface area contributed by atoms with Crippen LogP contribution >= 0.6 is 0 Å². The minimum atomic E-state index is -0.00421. The quantitative estimate of drug-likeness (QED) is 0.670. The Morgan fingerprint density at radius 1 is 1.04 bits per heavy atom. The van der Waals surface area contributed by atoms with Gasteiger partial charge in [0.15, 0.2) is 0 Å². The molecule has 0 aliphatic heterocycles. The highest BCUT2D eigenvalue weighted by Gasteiger charge is 2.10. The summed E-state index contributed by atoms with van der Waals surface area (Å²) in [6.07, 6.45) is 4.61. The van der Waals surface area contributed by atoms with E-state index >= 15 is 0 Å². The van der Waals surface area contributed by atoms with Gasteiger partial charge in [0.05, 0.1) is 6.54 Å². The second kappa shape index (κ2) is 10.3. The van der Waals surface area contributed by atoms with Crippen molar-refractivity contribution in [2.45, 2.75) is 12.8 Å². The molecule has 0 fully saturated rings. The summed E-state index contributed by atoms with van der Waals surface area (Å²) in [5.41, 5.74) is 1.98. The monoisotopic (exact) mass is 329 g/mol. The van der Waals surface area contributed by atoms with Crippen LogP contribution in [0.3, 0.4) is 0 Å². The third kappa shape index (κ3) is 6.69. The summed E-state index contributed by atoms with van der Waals surface area (Å²) in [6.45, 7) is 8.55. The summed E-state index contributed by atoms with van der Waals surface area (Å²) in [6, 6.07) is 7.80. The molecule has 2 amide bonds. The average Bonchev–Trinajstić information content (AvgIpc) is 2.58. The number of amides is 2. The van der Waals surface area contributed by atoms with Crippen LogP contribution in [0.15, 0.2) is 49.6 Å². The molecule has 0 saturated carbocycles. The Labute approximate surface area is 144 Å². The predicted octanol–water partition coefficient (Wildman–Crippen LogP) is 2.32. The van der Waals surface area contributed by atoms with E-state index in [1.165, 1.54) is 0 Å². The Morgan fingerprint density at radius 2 is 1.62 bits per heavy atom. The number of nitrogens with one attached hydrogen (secondary N) is 1. The van der Waals surface area contributed by atoms with E-state index in [0.29, 0.717) is 25.9 Å². The molecule has 0 aromatic heterocycles. The summed E-state index contributed by atoms with van der Waals surface area (Å²) in [5.74, 6) is 0.114. The highest BCUT2D eigenvalue weighted by Crippen LogP contribution is 2.11. The van der Waals surface area contributed by atoms with Gasteiger partial charge in [0.25, 0.3) is 0 Å². The van der Waals surface area contributed by atoms with Gasteiger partial charge >= 0.3 is 0 Å². The van der Waals surface area contributed by atoms with Crippen molar-refractivity contribution in [1.29, 1.82) is 0 Å². The molecule has 0 atom stereocenters. The summed E-state index contributed by atoms with van der Waals surface area (Å²) >= 11 is 0. The average molecular weight is 329 g/mol. The van der Waals surface area contributed by atoms with E-state index in [1.54, 1.807) is 36.0 Å². The van der Waals surface area contributed by atoms with Crippen molar-refractivity contribution in [2.75, 3.05) is 39.0 Å². The Morgan fingerprint density at radius 3 is 2.12 bits per heavy atom. The fourth-order valence-corrected chi connectivity index (χ4v) is 2.14. The summed E-state index contributed by atoms with van der Waals surface area (Å²) < 4.78 is 0. The van der Waals surface area contributed by atoms with E-state index in [0.717, 1.165) is 11.3 Å². The molecule has 0 spiro atoms. The lowest BCUT2D eigenvalue weighted by molar-refractivity contribution is -0.129. The first kappa shape index (κ1) is 19.5. The minimum absolute atomic E-state index is 0.00421. The number of hydrogen-bond acceptors (Lipinski definition) is 3. The molecule has 0 aliphatic rings. The van der Waals surface area contributed by atoms with Crippen LogP contribution in [0, 0.1) is 0 Å². The molecule has 1 rings (SSSR count). The minimum Gasteiger partial charge on any atom is -0.376 e. The molecular formula is C19H27N3O2. The van der Waals surface area contributed by atoms with Crippen molar-refractivity contribution in [1.82, 2.24) is 9.80 Å². The van der Waals surface area contributed by atoms with Gasteiger partial charge in [0.1, 0.15) is 0 Å². The molecule has 0 aliphatic carbocycles. The second-order valence-corrected chi connectivity index (χ2v) is 5.71. The van der Waals surface area contributed by atoms with Crippen LogP contribution in [0.25, 0.3) is 0 Å². The molecule has 1 aromatic rings. The lowest BCUT2D eigenvalue weighted by Gasteiger charge is -2.19. The first-order valence-electron chi connectivity index (χ1n) is 8.00. The van der Waals surface area contributed by atoms with Gasteiger partial charge in [-0.3, -0.25) is 9.59 Å². The normalized spacial score (nSPS) is 9.92. The topological polar surface area (TPSA) is 52.7 Å². The van der Waals surface area contributed by atoms with Gasteiger partial charge in [-0.1, -0.05) is 24.3 Å². The molecule has 0 heterocycles. The molecule has 24 heavy (non-hydrogen) atoms. The van der Waals surface area contributed by atoms with Crippen molar-refractivity contribution in [3.63, 3.8) is 0 Å². The molecule has 5 heteroatoms. The second-order valence-electron chi connectivity index (χ2n) is 5.71. The van der Waals surface area contributed by atoms with Gasteiger partial charge in [-0.15, -0.1) is 13.2 Å². The molecule has 0 unspecified atom stereocenters. The van der Waals surface area contributed by atoms with Crippen LogP contribution < -0.4 is 5.32 Å². The predicted molar refractivity (Wildman–Crippen MR) is 98.9 cm³/mol. The SMILES string of the molecule is C=CCN(CC=C)C(=O)CNc1ccc(CCC(=O)N(C)C)cc1. The summed E-state index contributed by atoms with van der Waals surface area (Å²) in [5, 5.41) is 3.12. The standard InChI is InChI=1S/C19H27N3O2/c1-5-13-22(14-6-2)19(24)15-20-17-10-7-16(8-11-17)9-12-18(23)21(3)4/h5-8,10-11,20H,1-2,9,12-15H2,3-4H3. The van der Waals surface area contributed by atoms with E-state index in [2.05, 4.69) is 18.5 Å². The Kier molecular flexibility index (Phi) is 8.33. The van der Waals surface area contributed by atoms with E-state index in [-0.39, 0.29) is 18.4 Å². The van der Waals surface area contributed by atoms with Crippen LogP contribution in [0.2, 0.25) is 0 Å². The molecule has 1 aromatic carbocycles. The smallest absolute Gasteiger partial charge is 0.242 e. The van der Waals surface area contributed by atoms with Crippen LogP contribution in [-0.4, -0.2) is 55.3 Å². The van der Waals surface area contributed by atoms with Crippen molar-refractivity contribution in [3.05, 3.63) is 55.1 Å². The van der Waals surface area contributed by atoms with E-state index in [9.17, 15) is 9.59 Å². The number of anilines is 1. The first-order valence-corrected chi connectivity index (χ1v) is 8.00. The van der Waals surface area contributed by atoms with Crippen molar-refractivity contribution >= 4 is 17.5 Å². The Balaban J connectivity index is 2.49. The summed E-state index contributed by atoms with van der Waals surface area (Å²) in [7, 11) is 3.52. The lowest BCUT2D eigenvalue weighted by Crippen LogP contribution is -2.35. The zero-order chi connectivity index (χ0) is 17.9. The van der Waals surface area contributed by atoms with Crippen LogP contribution in [0.4, 0.5) is 5.69 Å². The van der Waals surface area contributed by atoms with Crippen LogP contribution in [0.1, 0.15) is 12.0 Å². The third-order valence-corrected chi connectivity index (χ3v) is 3.58. The maximum absolute atomic E-state index is 12.1. The largest absolute Gasteiger partial charge is 0.376 e. The van der Waals surface area contributed by atoms with Crippen LogP contribution in [-0.2, 0) is 16.0 Å². The molecule has 0 bridgehead atoms. The molecular weight excluding hydrogens is 302 g/mol. The van der Waals surface area contributed by atoms with E-state index in [1.807, 2.05) is 24.3 Å². The highest BCUT2D eigenvalue weighted by molar-refractivity contribution is 5.81. The molecule has 1 N–H and O–H groups in total. The van der Waals surface area contributed by atoms with Crippen molar-refractivity contribution < 1.29 is 9.59 Å². The molecule has 5 nitrogen and oxygen atoms in total. The molecule has 0 radical (unpaired) electrons. The Hall–Kier alpha value is -2.56. The number of rotatable bonds is 10. The van der Waals surface area contributed by atoms with Crippen molar-refractivity contribution in [2.24, 2.45) is 0 Å². The van der Waals surface area contributed by atoms with Gasteiger partial charge in [0, 0.05) is 39.3 Å². The third-order valence-electron chi connectivity index (χ3n) is 3.58. The van der Waals surface area contributed by atoms with Crippen LogP contribution in [0.5, 0.6) is 0 Å². The zero-order valence-electron chi connectivity index (χ0n) is 14.6. The van der Waals surface area contributed by atoms with Crippen molar-refractivity contribution in [3.8, 4) is 0 Å². The molecule has 0 saturated heterocycles. The number of nitrogens with zero attached hydrogens (tertiary/aromatic N) is 2. The number of carbonyl (C=O) groups excluding carboxylic acids is 2. The number of benzene rings is 1. The van der Waals surface area contributed by atoms with Gasteiger partial charge in [-0.25, -0.2) is 0 Å². The van der Waals surface area contributed by atoms with Gasteiger partial charge in [-0.2, -0.15) is 0 Å². The highest BCUT2D eigenvalue weighted by atomic mass is 16.2. The van der Waals surface area contributed by atoms with E-state index < -0.39 is 0 Å². The lowest BCUT2D eigenvalue weighted by atomic mass is 10.1. The number of aryl methyl sites for hydroxylation is 1. The zero-order valence-corrected chi connectivity index (χ0v) is 14.6. The maximum Gasteiger partial charge on any atom is 0.242 e. The number of hydrogen-bond donors (Lipinski definition) is 1. The maximum atomic E-state index is 12.1. The van der Waals surface area contributed by atoms with Gasteiger partial charge in [0.2, 0.25) is 11.8 Å². The van der Waals surface area contributed by atoms with Gasteiger partial charge < -0.3 is 15.1 Å². The Bertz CT molecular complexity index is 554.